The molecule has 3 heterocycles. The van der Waals surface area contributed by atoms with Gasteiger partial charge in [0, 0.05) is 35.9 Å². The lowest BCUT2D eigenvalue weighted by molar-refractivity contribution is 0.0686. The van der Waals surface area contributed by atoms with Crippen molar-refractivity contribution in [2.24, 2.45) is 0 Å². The van der Waals surface area contributed by atoms with Crippen LogP contribution in [0.4, 0.5) is 0 Å². The molecule has 124 valence electrons. The van der Waals surface area contributed by atoms with E-state index >= 15 is 0 Å². The minimum absolute atomic E-state index is 0.0998. The number of H-pyrrole nitrogens is 1. The molecule has 0 fully saturated rings. The number of nitrogens with one attached hydrogen (secondary N) is 1. The molecule has 0 unspecified atom stereocenters. The van der Waals surface area contributed by atoms with E-state index in [1.54, 1.807) is 0 Å². The predicted molar refractivity (Wildman–Crippen MR) is 92.7 cm³/mol. The van der Waals surface area contributed by atoms with Crippen LogP contribution in [0, 0.1) is 6.92 Å². The Bertz CT molecular complexity index is 1150. The lowest BCUT2D eigenvalue weighted by Gasteiger charge is -2.09. The van der Waals surface area contributed by atoms with Crippen molar-refractivity contribution >= 4 is 17.0 Å². The van der Waals surface area contributed by atoms with Crippen LogP contribution in [-0.4, -0.2) is 30.2 Å². The summed E-state index contributed by atoms with van der Waals surface area (Å²) in [5.74, 6) is -0.830. The number of aromatic nitrogens is 4. The van der Waals surface area contributed by atoms with Crippen LogP contribution in [0.15, 0.2) is 59.8 Å². The number of nitrogens with zero attached hydrogens (tertiary/aromatic N) is 3. The average molecular weight is 334 g/mol. The highest BCUT2D eigenvalue weighted by Gasteiger charge is 2.17. The lowest BCUT2D eigenvalue weighted by Crippen LogP contribution is -2.19. The molecule has 0 aliphatic rings. The molecule has 25 heavy (non-hydrogen) atoms. The Morgan fingerprint density at radius 3 is 2.64 bits per heavy atom. The van der Waals surface area contributed by atoms with Crippen LogP contribution in [-0.2, 0) is 0 Å². The summed E-state index contributed by atoms with van der Waals surface area (Å²) in [6.45, 7) is 1.50. The second-order valence-corrected chi connectivity index (χ2v) is 5.68. The van der Waals surface area contributed by atoms with Gasteiger partial charge in [0.15, 0.2) is 5.43 Å². The Labute approximate surface area is 141 Å². The molecule has 0 bridgehead atoms. The number of carboxylic acids is 1. The average Bonchev–Trinajstić information content (AvgIpc) is 3.25. The molecule has 7 heteroatoms. The molecule has 0 amide bonds. The SMILES string of the molecule is Cc1c(C(=O)O)n(-c2nc3ccc(-n4cccc4)cc3[nH]2)ccc1=O. The fourth-order valence-electron chi connectivity index (χ4n) is 2.84. The van der Waals surface area contributed by atoms with Gasteiger partial charge in [0.25, 0.3) is 0 Å². The normalized spacial score (nSPS) is 11.1. The van der Waals surface area contributed by atoms with E-state index in [0.717, 1.165) is 11.2 Å². The Kier molecular flexibility index (Phi) is 3.28. The number of carboxylic acid groups (broad SMARTS) is 1. The largest absolute Gasteiger partial charge is 0.477 e. The molecule has 0 atom stereocenters. The Hall–Kier alpha value is -3.61. The topological polar surface area (TPSA) is 92.9 Å². The van der Waals surface area contributed by atoms with Crippen LogP contribution < -0.4 is 5.43 Å². The van der Waals surface area contributed by atoms with Crippen molar-refractivity contribution in [1.29, 1.82) is 0 Å². The van der Waals surface area contributed by atoms with E-state index in [0.29, 0.717) is 11.5 Å². The van der Waals surface area contributed by atoms with Gasteiger partial charge in [0.1, 0.15) is 5.69 Å². The fraction of sp³-hybridized carbons (Fsp3) is 0.0556. The first kappa shape index (κ1) is 14.9. The lowest BCUT2D eigenvalue weighted by atomic mass is 10.2. The molecule has 2 N–H and O–H groups in total. The Morgan fingerprint density at radius 2 is 1.92 bits per heavy atom. The van der Waals surface area contributed by atoms with Crippen LogP contribution in [0.3, 0.4) is 0 Å². The van der Waals surface area contributed by atoms with Crippen LogP contribution in [0.25, 0.3) is 22.7 Å². The molecule has 0 spiro atoms. The highest BCUT2D eigenvalue weighted by molar-refractivity contribution is 5.88. The second-order valence-electron chi connectivity index (χ2n) is 5.68. The molecule has 0 radical (unpaired) electrons. The van der Waals surface area contributed by atoms with Gasteiger partial charge in [-0.1, -0.05) is 0 Å². The number of carbonyl (C=O) groups is 1. The summed E-state index contributed by atoms with van der Waals surface area (Å²) >= 11 is 0. The van der Waals surface area contributed by atoms with Crippen molar-refractivity contribution in [3.8, 4) is 11.6 Å². The summed E-state index contributed by atoms with van der Waals surface area (Å²) in [4.78, 5) is 30.9. The third-order valence-electron chi connectivity index (χ3n) is 4.13. The molecular weight excluding hydrogens is 320 g/mol. The van der Waals surface area contributed by atoms with Crippen LogP contribution >= 0.6 is 0 Å². The number of pyridine rings is 1. The van der Waals surface area contributed by atoms with Gasteiger partial charge in [0.2, 0.25) is 5.95 Å². The maximum absolute atomic E-state index is 11.8. The number of hydrogen-bond acceptors (Lipinski definition) is 3. The summed E-state index contributed by atoms with van der Waals surface area (Å²) in [5.41, 5.74) is 2.19. The number of hydrogen-bond donors (Lipinski definition) is 2. The molecule has 1 aromatic carbocycles. The van der Waals surface area contributed by atoms with Gasteiger partial charge in [-0.2, -0.15) is 0 Å². The van der Waals surface area contributed by atoms with Crippen molar-refractivity contribution in [2.75, 3.05) is 0 Å². The number of benzene rings is 1. The first-order chi connectivity index (χ1) is 12.0. The van der Waals surface area contributed by atoms with E-state index < -0.39 is 5.97 Å². The van der Waals surface area contributed by atoms with Crippen LogP contribution in [0.5, 0.6) is 0 Å². The van der Waals surface area contributed by atoms with E-state index in [4.69, 9.17) is 0 Å². The molecule has 0 aliphatic carbocycles. The predicted octanol–water partition coefficient (Wildman–Crippen LogP) is 2.51. The van der Waals surface area contributed by atoms with E-state index in [-0.39, 0.29) is 16.7 Å². The summed E-state index contributed by atoms with van der Waals surface area (Å²) in [6.07, 6.45) is 5.29. The standard InChI is InChI=1S/C18H14N4O3/c1-11-15(23)6-9-22(16(11)17(24)25)18-19-13-5-4-12(10-14(13)20-18)21-7-2-3-8-21/h2-10H,1H3,(H,19,20)(H,24,25). The van der Waals surface area contributed by atoms with Crippen molar-refractivity contribution in [3.63, 3.8) is 0 Å². The molecule has 0 saturated heterocycles. The number of rotatable bonds is 3. The fourth-order valence-corrected chi connectivity index (χ4v) is 2.84. The maximum atomic E-state index is 11.8. The van der Waals surface area contributed by atoms with E-state index in [1.165, 1.54) is 23.8 Å². The summed E-state index contributed by atoms with van der Waals surface area (Å²) in [7, 11) is 0. The molecular formula is C18H14N4O3. The smallest absolute Gasteiger partial charge is 0.353 e. The van der Waals surface area contributed by atoms with E-state index in [9.17, 15) is 14.7 Å². The zero-order valence-electron chi connectivity index (χ0n) is 13.3. The quantitative estimate of drug-likeness (QED) is 0.602. The van der Waals surface area contributed by atoms with Gasteiger partial charge in [-0.15, -0.1) is 0 Å². The molecule has 4 rings (SSSR count). The number of aromatic carboxylic acids is 1. The molecule has 7 nitrogen and oxygen atoms in total. The van der Waals surface area contributed by atoms with Crippen molar-refractivity contribution in [1.82, 2.24) is 19.1 Å². The third-order valence-corrected chi connectivity index (χ3v) is 4.13. The first-order valence-corrected chi connectivity index (χ1v) is 7.63. The zero-order chi connectivity index (χ0) is 17.6. The monoisotopic (exact) mass is 334 g/mol. The molecule has 3 aromatic heterocycles. The molecule has 0 saturated carbocycles. The Morgan fingerprint density at radius 1 is 1.16 bits per heavy atom. The third kappa shape index (κ3) is 2.42. The Balaban J connectivity index is 1.90. The van der Waals surface area contributed by atoms with Gasteiger partial charge < -0.3 is 14.7 Å². The summed E-state index contributed by atoms with van der Waals surface area (Å²) < 4.78 is 3.35. The maximum Gasteiger partial charge on any atom is 0.353 e. The van der Waals surface area contributed by atoms with Gasteiger partial charge in [0.05, 0.1) is 11.0 Å². The van der Waals surface area contributed by atoms with Crippen molar-refractivity contribution < 1.29 is 9.90 Å². The van der Waals surface area contributed by atoms with Gasteiger partial charge in [-0.05, 0) is 37.3 Å². The van der Waals surface area contributed by atoms with E-state index in [1.807, 2.05) is 47.3 Å². The second kappa shape index (κ2) is 5.48. The highest BCUT2D eigenvalue weighted by Crippen LogP contribution is 2.19. The van der Waals surface area contributed by atoms with Crippen molar-refractivity contribution in [3.05, 3.63) is 76.5 Å². The van der Waals surface area contributed by atoms with E-state index in [2.05, 4.69) is 9.97 Å². The van der Waals surface area contributed by atoms with Gasteiger partial charge in [-0.25, -0.2) is 9.78 Å². The number of imidazole rings is 1. The summed E-state index contributed by atoms with van der Waals surface area (Å²) in [5, 5.41) is 9.47. The van der Waals surface area contributed by atoms with Crippen molar-refractivity contribution in [2.45, 2.75) is 6.92 Å². The highest BCUT2D eigenvalue weighted by atomic mass is 16.4. The molecule has 4 aromatic rings. The first-order valence-electron chi connectivity index (χ1n) is 7.63. The molecule has 0 aliphatic heterocycles. The summed E-state index contributed by atoms with van der Waals surface area (Å²) in [6, 6.07) is 10.9. The number of fused-ring (bicyclic) bond motifs is 1. The number of aromatic amines is 1. The van der Waals surface area contributed by atoms with Gasteiger partial charge in [-0.3, -0.25) is 9.36 Å². The minimum Gasteiger partial charge on any atom is -0.477 e. The van der Waals surface area contributed by atoms with Crippen LogP contribution in [0.1, 0.15) is 16.1 Å². The zero-order valence-corrected chi connectivity index (χ0v) is 13.3. The van der Waals surface area contributed by atoms with Crippen LogP contribution in [0.2, 0.25) is 0 Å². The minimum atomic E-state index is -1.18. The van der Waals surface area contributed by atoms with Gasteiger partial charge >= 0.3 is 5.97 Å².